The zero-order valence-electron chi connectivity index (χ0n) is 16.5. The number of anilines is 1. The molecule has 7 heteroatoms. The molecule has 1 heterocycles. The van der Waals surface area contributed by atoms with Crippen molar-refractivity contribution in [1.82, 2.24) is 0 Å². The zero-order valence-corrected chi connectivity index (χ0v) is 16.5. The Morgan fingerprint density at radius 2 is 1.83 bits per heavy atom. The second-order valence-electron chi connectivity index (χ2n) is 6.71. The topological polar surface area (TPSA) is 48.0 Å². The highest BCUT2D eigenvalue weighted by Crippen LogP contribution is 2.27. The average Bonchev–Trinajstić information content (AvgIpc) is 2.73. The summed E-state index contributed by atoms with van der Waals surface area (Å²) in [5.41, 5.74) is 2.20. The number of benzene rings is 2. The maximum absolute atomic E-state index is 14.4. The van der Waals surface area contributed by atoms with Gasteiger partial charge in [0, 0.05) is 30.8 Å². The summed E-state index contributed by atoms with van der Waals surface area (Å²) in [6.07, 6.45) is 0.271. The SMILES string of the molecule is CCOC(=O)CCc1cc(F)c(OCc2ccccc2N2CCOCC2)c(F)c1. The molecule has 0 spiro atoms. The van der Waals surface area contributed by atoms with E-state index in [1.165, 1.54) is 12.1 Å². The van der Waals surface area contributed by atoms with Gasteiger partial charge in [-0.15, -0.1) is 0 Å². The first kappa shape index (κ1) is 21.0. The van der Waals surface area contributed by atoms with Gasteiger partial charge >= 0.3 is 5.97 Å². The van der Waals surface area contributed by atoms with Gasteiger partial charge in [0.05, 0.1) is 19.8 Å². The monoisotopic (exact) mass is 405 g/mol. The Bertz CT molecular complexity index is 814. The van der Waals surface area contributed by atoms with Crippen LogP contribution >= 0.6 is 0 Å². The summed E-state index contributed by atoms with van der Waals surface area (Å²) in [6.45, 7) is 4.84. The number of morpholine rings is 1. The van der Waals surface area contributed by atoms with Crippen LogP contribution in [0.2, 0.25) is 0 Å². The molecule has 5 nitrogen and oxygen atoms in total. The van der Waals surface area contributed by atoms with E-state index in [0.717, 1.165) is 24.3 Å². The molecule has 1 saturated heterocycles. The first-order valence-electron chi connectivity index (χ1n) is 9.75. The molecule has 0 amide bonds. The first-order valence-corrected chi connectivity index (χ1v) is 9.75. The van der Waals surface area contributed by atoms with Crippen molar-refractivity contribution in [3.63, 3.8) is 0 Å². The van der Waals surface area contributed by atoms with Crippen molar-refractivity contribution in [3.8, 4) is 5.75 Å². The van der Waals surface area contributed by atoms with E-state index in [4.69, 9.17) is 14.2 Å². The van der Waals surface area contributed by atoms with Crippen LogP contribution in [0.1, 0.15) is 24.5 Å². The highest BCUT2D eigenvalue weighted by Gasteiger charge is 2.17. The number of carbonyl (C=O) groups is 1. The number of halogens is 2. The van der Waals surface area contributed by atoms with Crippen molar-refractivity contribution in [3.05, 3.63) is 59.2 Å². The van der Waals surface area contributed by atoms with E-state index >= 15 is 0 Å². The molecule has 0 aromatic heterocycles. The molecule has 2 aromatic carbocycles. The third kappa shape index (κ3) is 5.67. The number of hydrogen-bond acceptors (Lipinski definition) is 5. The molecule has 1 aliphatic heterocycles. The quantitative estimate of drug-likeness (QED) is 0.624. The second-order valence-corrected chi connectivity index (χ2v) is 6.71. The molecule has 0 unspecified atom stereocenters. The third-order valence-corrected chi connectivity index (χ3v) is 4.70. The van der Waals surface area contributed by atoms with Crippen molar-refractivity contribution >= 4 is 11.7 Å². The normalized spacial score (nSPS) is 14.0. The molecule has 1 fully saturated rings. The first-order chi connectivity index (χ1) is 14.1. The van der Waals surface area contributed by atoms with Crippen LogP contribution in [-0.4, -0.2) is 38.9 Å². The van der Waals surface area contributed by atoms with E-state index < -0.39 is 23.4 Å². The molecular formula is C22H25F2NO4. The molecule has 0 saturated carbocycles. The van der Waals surface area contributed by atoms with Crippen LogP contribution in [0.4, 0.5) is 14.5 Å². The van der Waals surface area contributed by atoms with E-state index in [9.17, 15) is 13.6 Å². The Labute approximate surface area is 169 Å². The standard InChI is InChI=1S/C22H25F2NO4/c1-2-28-21(26)8-7-16-13-18(23)22(19(24)14-16)29-15-17-5-3-4-6-20(17)25-9-11-27-12-10-25/h3-6,13-14H,2,7-12,15H2,1H3. The van der Waals surface area contributed by atoms with Gasteiger partial charge in [-0.3, -0.25) is 4.79 Å². The average molecular weight is 405 g/mol. The van der Waals surface area contributed by atoms with Crippen molar-refractivity contribution in [2.24, 2.45) is 0 Å². The van der Waals surface area contributed by atoms with Crippen LogP contribution < -0.4 is 9.64 Å². The summed E-state index contributed by atoms with van der Waals surface area (Å²) in [5, 5.41) is 0. The Morgan fingerprint density at radius 1 is 1.14 bits per heavy atom. The fraction of sp³-hybridized carbons (Fsp3) is 0.409. The lowest BCUT2D eigenvalue weighted by Gasteiger charge is -2.30. The number of rotatable bonds is 8. The molecular weight excluding hydrogens is 380 g/mol. The molecule has 2 aromatic rings. The maximum Gasteiger partial charge on any atom is 0.306 e. The van der Waals surface area contributed by atoms with Gasteiger partial charge in [0.25, 0.3) is 0 Å². The Hall–Kier alpha value is -2.67. The molecule has 0 N–H and O–H groups in total. The van der Waals surface area contributed by atoms with Gasteiger partial charge in [0.2, 0.25) is 0 Å². The minimum Gasteiger partial charge on any atom is -0.483 e. The largest absolute Gasteiger partial charge is 0.483 e. The Balaban J connectivity index is 1.67. The number of aryl methyl sites for hydroxylation is 1. The van der Waals surface area contributed by atoms with Crippen molar-refractivity contribution in [2.45, 2.75) is 26.4 Å². The van der Waals surface area contributed by atoms with Crippen LogP contribution in [0.25, 0.3) is 0 Å². The van der Waals surface area contributed by atoms with Crippen LogP contribution in [0, 0.1) is 11.6 Å². The summed E-state index contributed by atoms with van der Waals surface area (Å²) >= 11 is 0. The van der Waals surface area contributed by atoms with Crippen LogP contribution in [0.15, 0.2) is 36.4 Å². The van der Waals surface area contributed by atoms with Gasteiger partial charge in [-0.25, -0.2) is 8.78 Å². The summed E-state index contributed by atoms with van der Waals surface area (Å²) in [6, 6.07) is 10.0. The summed E-state index contributed by atoms with van der Waals surface area (Å²) in [4.78, 5) is 13.6. The van der Waals surface area contributed by atoms with Crippen LogP contribution in [-0.2, 0) is 27.3 Å². The highest BCUT2D eigenvalue weighted by molar-refractivity contribution is 5.69. The second kappa shape index (κ2) is 10.2. The number of nitrogens with zero attached hydrogens (tertiary/aromatic N) is 1. The molecule has 0 bridgehead atoms. The van der Waals surface area contributed by atoms with Gasteiger partial charge < -0.3 is 19.1 Å². The van der Waals surface area contributed by atoms with Gasteiger partial charge in [0.1, 0.15) is 6.61 Å². The number of carbonyl (C=O) groups excluding carboxylic acids is 1. The summed E-state index contributed by atoms with van der Waals surface area (Å²) < 4.78 is 44.6. The smallest absolute Gasteiger partial charge is 0.306 e. The number of ether oxygens (including phenoxy) is 3. The van der Waals surface area contributed by atoms with Crippen molar-refractivity contribution in [2.75, 3.05) is 37.8 Å². The third-order valence-electron chi connectivity index (χ3n) is 4.70. The molecule has 1 aliphatic rings. The fourth-order valence-corrected chi connectivity index (χ4v) is 3.27. The van der Waals surface area contributed by atoms with E-state index in [0.29, 0.717) is 18.8 Å². The van der Waals surface area contributed by atoms with Crippen molar-refractivity contribution < 1.29 is 27.8 Å². The van der Waals surface area contributed by atoms with Gasteiger partial charge in [-0.05, 0) is 37.1 Å². The molecule has 29 heavy (non-hydrogen) atoms. The Morgan fingerprint density at radius 3 is 2.52 bits per heavy atom. The van der Waals surface area contributed by atoms with Gasteiger partial charge in [-0.2, -0.15) is 0 Å². The van der Waals surface area contributed by atoms with Gasteiger partial charge in [-0.1, -0.05) is 18.2 Å². The van der Waals surface area contributed by atoms with Crippen molar-refractivity contribution in [1.29, 1.82) is 0 Å². The molecule has 156 valence electrons. The Kier molecular flexibility index (Phi) is 7.41. The zero-order chi connectivity index (χ0) is 20.6. The molecule has 0 radical (unpaired) electrons. The maximum atomic E-state index is 14.4. The van der Waals surface area contributed by atoms with E-state index in [-0.39, 0.29) is 26.1 Å². The fourth-order valence-electron chi connectivity index (χ4n) is 3.27. The van der Waals surface area contributed by atoms with E-state index in [1.54, 1.807) is 6.92 Å². The summed E-state index contributed by atoms with van der Waals surface area (Å²) in [5.74, 6) is -2.38. The molecule has 0 atom stereocenters. The number of para-hydroxylation sites is 1. The van der Waals surface area contributed by atoms with Crippen LogP contribution in [0.5, 0.6) is 5.75 Å². The minimum atomic E-state index is -0.785. The van der Waals surface area contributed by atoms with Gasteiger partial charge in [0.15, 0.2) is 17.4 Å². The van der Waals surface area contributed by atoms with E-state index in [2.05, 4.69) is 4.90 Å². The number of esters is 1. The lowest BCUT2D eigenvalue weighted by molar-refractivity contribution is -0.143. The summed E-state index contributed by atoms with van der Waals surface area (Å²) in [7, 11) is 0. The predicted molar refractivity (Wildman–Crippen MR) is 105 cm³/mol. The predicted octanol–water partition coefficient (Wildman–Crippen LogP) is 3.88. The molecule has 3 rings (SSSR count). The van der Waals surface area contributed by atoms with Crippen LogP contribution in [0.3, 0.4) is 0 Å². The lowest BCUT2D eigenvalue weighted by atomic mass is 10.1. The minimum absolute atomic E-state index is 0.0452. The lowest BCUT2D eigenvalue weighted by Crippen LogP contribution is -2.36. The molecule has 0 aliphatic carbocycles. The highest BCUT2D eigenvalue weighted by atomic mass is 19.1. The van der Waals surface area contributed by atoms with E-state index in [1.807, 2.05) is 24.3 Å². The number of hydrogen-bond donors (Lipinski definition) is 0.